The number of fused-ring (bicyclic) bond motifs is 1. The Bertz CT molecular complexity index is 1160. The third kappa shape index (κ3) is 5.54. The van der Waals surface area contributed by atoms with Crippen LogP contribution in [-0.4, -0.2) is 34.4 Å². The van der Waals surface area contributed by atoms with E-state index in [-0.39, 0.29) is 17.4 Å². The van der Waals surface area contributed by atoms with Crippen LogP contribution in [0.5, 0.6) is 11.5 Å². The summed E-state index contributed by atoms with van der Waals surface area (Å²) >= 11 is 0. The van der Waals surface area contributed by atoms with Crippen molar-refractivity contribution in [3.63, 3.8) is 0 Å². The zero-order valence-electron chi connectivity index (χ0n) is 18.1. The minimum absolute atomic E-state index is 0.0720. The van der Waals surface area contributed by atoms with Crippen LogP contribution in [0.4, 0.5) is 14.5 Å². The van der Waals surface area contributed by atoms with Crippen LogP contribution in [0.2, 0.25) is 0 Å². The number of rotatable bonds is 7. The molecule has 4 rings (SSSR count). The zero-order chi connectivity index (χ0) is 23.2. The van der Waals surface area contributed by atoms with Gasteiger partial charge in [-0.1, -0.05) is 24.6 Å². The van der Waals surface area contributed by atoms with Crippen molar-refractivity contribution < 1.29 is 23.0 Å². The summed E-state index contributed by atoms with van der Waals surface area (Å²) in [7, 11) is 1.36. The lowest BCUT2D eigenvalue weighted by molar-refractivity contribution is -0.111. The summed E-state index contributed by atoms with van der Waals surface area (Å²) in [6.07, 6.45) is 7.24. The number of nitrogens with one attached hydrogen (secondary N) is 1. The van der Waals surface area contributed by atoms with Gasteiger partial charge in [0.25, 0.3) is 0 Å². The number of halogens is 2. The minimum Gasteiger partial charge on any atom is -0.493 e. The summed E-state index contributed by atoms with van der Waals surface area (Å²) in [5, 5.41) is 11.5. The Hall–Kier alpha value is -3.75. The Morgan fingerprint density at radius 1 is 1.12 bits per heavy atom. The van der Waals surface area contributed by atoms with Crippen molar-refractivity contribution in [1.82, 2.24) is 14.8 Å². The van der Waals surface area contributed by atoms with Crippen molar-refractivity contribution in [3.8, 4) is 22.9 Å². The molecule has 0 saturated heterocycles. The Morgan fingerprint density at radius 3 is 2.82 bits per heavy atom. The monoisotopic (exact) mass is 454 g/mol. The maximum Gasteiger partial charge on any atom is 0.387 e. The number of alkyl halides is 2. The largest absolute Gasteiger partial charge is 0.493 e. The second-order valence-corrected chi connectivity index (χ2v) is 7.59. The van der Waals surface area contributed by atoms with Gasteiger partial charge in [0, 0.05) is 30.3 Å². The lowest BCUT2D eigenvalue weighted by atomic mass is 10.1. The predicted molar refractivity (Wildman–Crippen MR) is 120 cm³/mol. The number of aromatic nitrogens is 3. The summed E-state index contributed by atoms with van der Waals surface area (Å²) in [4.78, 5) is 12.4. The lowest BCUT2D eigenvalue weighted by Crippen LogP contribution is -2.08. The summed E-state index contributed by atoms with van der Waals surface area (Å²) in [6.45, 7) is -2.06. The Morgan fingerprint density at radius 2 is 2.00 bits per heavy atom. The number of carbonyl (C=O) groups is 1. The normalized spacial score (nSPS) is 13.6. The molecule has 1 amide bonds. The molecular formula is C24H24F2N4O3. The standard InChI is InChI=1S/C24H24F2N4O3/c1-32-20-14-16(9-11-19(20)33-24(25)26)10-12-22(31)27-18-7-5-6-17(15-18)23-29-28-21-8-3-2-4-13-30(21)23/h5-7,9-12,14-15,24H,2-4,8,13H2,1H3,(H,27,31)/b12-10+. The summed E-state index contributed by atoms with van der Waals surface area (Å²) in [5.74, 6) is 1.55. The van der Waals surface area contributed by atoms with Crippen LogP contribution in [0.15, 0.2) is 48.5 Å². The minimum atomic E-state index is -2.95. The number of hydrogen-bond acceptors (Lipinski definition) is 5. The van der Waals surface area contributed by atoms with Crippen LogP contribution in [0.1, 0.15) is 30.7 Å². The average Bonchev–Trinajstić information content (AvgIpc) is 3.06. The number of benzene rings is 2. The fourth-order valence-electron chi connectivity index (χ4n) is 3.77. The van der Waals surface area contributed by atoms with Crippen LogP contribution >= 0.6 is 0 Å². The van der Waals surface area contributed by atoms with Gasteiger partial charge in [0.05, 0.1) is 7.11 Å². The molecule has 1 aromatic heterocycles. The molecule has 1 N–H and O–H groups in total. The van der Waals surface area contributed by atoms with Gasteiger partial charge in [0.1, 0.15) is 5.82 Å². The number of methoxy groups -OCH3 is 1. The maximum atomic E-state index is 12.5. The van der Waals surface area contributed by atoms with E-state index in [4.69, 9.17) is 4.74 Å². The fourth-order valence-corrected chi connectivity index (χ4v) is 3.77. The number of nitrogens with zero attached hydrogens (tertiary/aromatic N) is 3. The molecule has 0 fully saturated rings. The van der Waals surface area contributed by atoms with E-state index in [0.717, 1.165) is 43.0 Å². The molecule has 0 unspecified atom stereocenters. The van der Waals surface area contributed by atoms with E-state index in [1.807, 2.05) is 18.2 Å². The number of anilines is 1. The molecule has 1 aliphatic heterocycles. The number of hydrogen-bond donors (Lipinski definition) is 1. The first-order valence-corrected chi connectivity index (χ1v) is 10.7. The molecule has 2 aromatic carbocycles. The quantitative estimate of drug-likeness (QED) is 0.512. The highest BCUT2D eigenvalue weighted by Gasteiger charge is 2.16. The Kier molecular flexibility index (Phi) is 6.97. The molecule has 0 spiro atoms. The van der Waals surface area contributed by atoms with Crippen LogP contribution < -0.4 is 14.8 Å². The van der Waals surface area contributed by atoms with Crippen molar-refractivity contribution in [2.24, 2.45) is 0 Å². The van der Waals surface area contributed by atoms with E-state index in [1.54, 1.807) is 18.2 Å². The first kappa shape index (κ1) is 22.4. The van der Waals surface area contributed by atoms with Gasteiger partial charge >= 0.3 is 6.61 Å². The second kappa shape index (κ2) is 10.2. The second-order valence-electron chi connectivity index (χ2n) is 7.59. The van der Waals surface area contributed by atoms with E-state index >= 15 is 0 Å². The molecule has 33 heavy (non-hydrogen) atoms. The highest BCUT2D eigenvalue weighted by atomic mass is 19.3. The number of amides is 1. The molecule has 0 bridgehead atoms. The van der Waals surface area contributed by atoms with E-state index in [0.29, 0.717) is 11.3 Å². The van der Waals surface area contributed by atoms with Crippen molar-refractivity contribution in [1.29, 1.82) is 0 Å². The van der Waals surface area contributed by atoms with Gasteiger partial charge in [-0.05, 0) is 48.7 Å². The van der Waals surface area contributed by atoms with Crippen LogP contribution in [0, 0.1) is 0 Å². The van der Waals surface area contributed by atoms with Crippen LogP contribution in [0.25, 0.3) is 17.5 Å². The predicted octanol–water partition coefficient (Wildman–Crippen LogP) is 4.93. The van der Waals surface area contributed by atoms with Crippen molar-refractivity contribution in [2.45, 2.75) is 38.8 Å². The van der Waals surface area contributed by atoms with Crippen molar-refractivity contribution in [2.75, 3.05) is 12.4 Å². The van der Waals surface area contributed by atoms with Gasteiger partial charge in [-0.3, -0.25) is 4.79 Å². The average molecular weight is 454 g/mol. The van der Waals surface area contributed by atoms with E-state index in [1.165, 1.54) is 31.7 Å². The van der Waals surface area contributed by atoms with Gasteiger partial charge in [0.2, 0.25) is 5.91 Å². The third-order valence-electron chi connectivity index (χ3n) is 5.33. The first-order valence-electron chi connectivity index (χ1n) is 10.7. The lowest BCUT2D eigenvalue weighted by Gasteiger charge is -2.10. The molecule has 0 radical (unpaired) electrons. The molecule has 1 aliphatic rings. The first-order chi connectivity index (χ1) is 16.0. The van der Waals surface area contributed by atoms with Crippen LogP contribution in [-0.2, 0) is 17.8 Å². The van der Waals surface area contributed by atoms with Crippen molar-refractivity contribution >= 4 is 17.7 Å². The Balaban J connectivity index is 1.45. The molecular weight excluding hydrogens is 430 g/mol. The van der Waals surface area contributed by atoms with E-state index in [9.17, 15) is 13.6 Å². The topological polar surface area (TPSA) is 78.3 Å². The van der Waals surface area contributed by atoms with Gasteiger partial charge in [0.15, 0.2) is 17.3 Å². The third-order valence-corrected chi connectivity index (χ3v) is 5.33. The van der Waals surface area contributed by atoms with E-state index in [2.05, 4.69) is 24.8 Å². The van der Waals surface area contributed by atoms with Crippen molar-refractivity contribution in [3.05, 3.63) is 59.9 Å². The van der Waals surface area contributed by atoms with E-state index < -0.39 is 6.61 Å². The summed E-state index contributed by atoms with van der Waals surface area (Å²) in [6, 6.07) is 11.9. The molecule has 0 aliphatic carbocycles. The van der Waals surface area contributed by atoms with Gasteiger partial charge in [-0.2, -0.15) is 8.78 Å². The zero-order valence-corrected chi connectivity index (χ0v) is 18.1. The SMILES string of the molecule is COc1cc(/C=C/C(=O)Nc2cccc(-c3nnc4n3CCCCC4)c2)ccc1OC(F)F. The molecule has 172 valence electrons. The molecule has 0 saturated carbocycles. The maximum absolute atomic E-state index is 12.5. The Labute approximate surface area is 190 Å². The van der Waals surface area contributed by atoms with Gasteiger partial charge in [-0.15, -0.1) is 10.2 Å². The molecule has 7 nitrogen and oxygen atoms in total. The highest BCUT2D eigenvalue weighted by Crippen LogP contribution is 2.30. The number of aryl methyl sites for hydroxylation is 1. The number of ether oxygens (including phenoxy) is 2. The fraction of sp³-hybridized carbons (Fsp3) is 0.292. The molecule has 3 aromatic rings. The molecule has 9 heteroatoms. The summed E-state index contributed by atoms with van der Waals surface area (Å²) in [5.41, 5.74) is 2.12. The van der Waals surface area contributed by atoms with Gasteiger partial charge in [-0.25, -0.2) is 0 Å². The van der Waals surface area contributed by atoms with Gasteiger partial charge < -0.3 is 19.4 Å². The number of carbonyl (C=O) groups excluding carboxylic acids is 1. The molecule has 0 atom stereocenters. The summed E-state index contributed by atoms with van der Waals surface area (Å²) < 4.78 is 36.6. The smallest absolute Gasteiger partial charge is 0.387 e. The van der Waals surface area contributed by atoms with Crippen LogP contribution in [0.3, 0.4) is 0 Å². The highest BCUT2D eigenvalue weighted by molar-refractivity contribution is 6.02. The molecule has 2 heterocycles.